The molecule has 44 heavy (non-hydrogen) atoms. The lowest BCUT2D eigenvalue weighted by Crippen LogP contribution is -2.33. The lowest BCUT2D eigenvalue weighted by molar-refractivity contribution is -0.0192. The fourth-order valence-electron chi connectivity index (χ4n) is 4.26. The summed E-state index contributed by atoms with van der Waals surface area (Å²) in [5.74, 6) is -1.29. The van der Waals surface area contributed by atoms with Gasteiger partial charge in [-0.1, -0.05) is 6.07 Å². The number of amides is 1. The summed E-state index contributed by atoms with van der Waals surface area (Å²) in [4.78, 5) is 20.3. The second kappa shape index (κ2) is 16.7. The monoisotopic (exact) mass is 695 g/mol. The van der Waals surface area contributed by atoms with Gasteiger partial charge in [-0.05, 0) is 78.3 Å². The number of benzene rings is 2. The van der Waals surface area contributed by atoms with Gasteiger partial charge in [0.1, 0.15) is 11.6 Å². The van der Waals surface area contributed by atoms with Crippen LogP contribution in [0.5, 0.6) is 0 Å². The van der Waals surface area contributed by atoms with E-state index in [9.17, 15) is 17.6 Å². The lowest BCUT2D eigenvalue weighted by Gasteiger charge is -2.22. The molecule has 0 bridgehead atoms. The maximum absolute atomic E-state index is 14.1. The Kier molecular flexibility index (Phi) is 12.8. The number of nitrogens with one attached hydrogen (secondary N) is 4. The molecule has 0 saturated carbocycles. The molecule has 3 aromatic rings. The zero-order valence-corrected chi connectivity index (χ0v) is 26.3. The summed E-state index contributed by atoms with van der Waals surface area (Å²) in [7, 11) is -3.75. The number of anilines is 4. The zero-order chi connectivity index (χ0) is 31.4. The molecule has 0 radical (unpaired) electrons. The Morgan fingerprint density at radius 2 is 1.73 bits per heavy atom. The van der Waals surface area contributed by atoms with E-state index in [-0.39, 0.29) is 41.1 Å². The van der Waals surface area contributed by atoms with Crippen molar-refractivity contribution in [3.05, 3.63) is 64.5 Å². The van der Waals surface area contributed by atoms with Crippen molar-refractivity contribution in [2.45, 2.75) is 23.8 Å². The van der Waals surface area contributed by atoms with Crippen molar-refractivity contribution in [1.82, 2.24) is 20.0 Å². The van der Waals surface area contributed by atoms with Crippen molar-refractivity contribution in [2.75, 3.05) is 63.3 Å². The van der Waals surface area contributed by atoms with E-state index in [1.54, 1.807) is 12.1 Å². The van der Waals surface area contributed by atoms with E-state index in [0.717, 1.165) is 32.0 Å². The van der Waals surface area contributed by atoms with E-state index in [2.05, 4.69) is 46.6 Å². The lowest BCUT2D eigenvalue weighted by atomic mass is 10.1. The third kappa shape index (κ3) is 10.2. The summed E-state index contributed by atoms with van der Waals surface area (Å²) >= 11 is 3.32. The van der Waals surface area contributed by atoms with Crippen molar-refractivity contribution >= 4 is 55.0 Å². The number of hydrogen-bond acceptors (Lipinski definition) is 11. The number of halogens is 2. The molecule has 2 heterocycles. The van der Waals surface area contributed by atoms with Crippen LogP contribution in [0.2, 0.25) is 0 Å². The number of rotatable bonds is 17. The number of piperidine rings is 1. The first-order chi connectivity index (χ1) is 21.2. The van der Waals surface area contributed by atoms with Gasteiger partial charge in [0.2, 0.25) is 16.0 Å². The van der Waals surface area contributed by atoms with Gasteiger partial charge >= 0.3 is 0 Å². The van der Waals surface area contributed by atoms with E-state index in [4.69, 9.17) is 19.9 Å². The van der Waals surface area contributed by atoms with E-state index in [1.807, 2.05) is 0 Å². The van der Waals surface area contributed by atoms with Gasteiger partial charge in [-0.3, -0.25) is 4.79 Å². The van der Waals surface area contributed by atoms with Crippen LogP contribution >= 0.6 is 15.9 Å². The van der Waals surface area contributed by atoms with Crippen LogP contribution in [0.1, 0.15) is 23.2 Å². The molecule has 1 aliphatic heterocycles. The Balaban J connectivity index is 1.19. The SMILES string of the molecule is NC(=O)c1c(F)cccc1Nc1nc(Nc2ccc(S(=O)(=O)NCCOCCOCCOC3CCNCC3)cc2)ncc1Br. The molecule has 2 aromatic carbocycles. The molecule has 16 heteroatoms. The summed E-state index contributed by atoms with van der Waals surface area (Å²) in [5, 5.41) is 9.16. The number of ether oxygens (including phenoxy) is 3. The maximum atomic E-state index is 14.1. The van der Waals surface area contributed by atoms with Crippen LogP contribution < -0.4 is 26.4 Å². The maximum Gasteiger partial charge on any atom is 0.253 e. The normalized spacial score (nSPS) is 14.0. The minimum atomic E-state index is -3.75. The minimum Gasteiger partial charge on any atom is -0.378 e. The first-order valence-corrected chi connectivity index (χ1v) is 16.2. The zero-order valence-electron chi connectivity index (χ0n) is 23.9. The van der Waals surface area contributed by atoms with Gasteiger partial charge in [-0.2, -0.15) is 4.98 Å². The summed E-state index contributed by atoms with van der Waals surface area (Å²) in [5.41, 5.74) is 5.68. The van der Waals surface area contributed by atoms with Gasteiger partial charge in [0.25, 0.3) is 5.91 Å². The van der Waals surface area contributed by atoms with E-state index >= 15 is 0 Å². The third-order valence-corrected chi connectivity index (χ3v) is 8.51. The highest BCUT2D eigenvalue weighted by Crippen LogP contribution is 2.28. The molecule has 0 aliphatic carbocycles. The van der Waals surface area contributed by atoms with Crippen LogP contribution in [-0.4, -0.2) is 83.1 Å². The molecular weight excluding hydrogens is 661 g/mol. The van der Waals surface area contributed by atoms with Gasteiger partial charge in [0.15, 0.2) is 0 Å². The predicted molar refractivity (Wildman–Crippen MR) is 166 cm³/mol. The van der Waals surface area contributed by atoms with E-state index < -0.39 is 21.7 Å². The highest BCUT2D eigenvalue weighted by Gasteiger charge is 2.17. The molecular formula is C28H35BrFN7O6S. The third-order valence-electron chi connectivity index (χ3n) is 6.46. The molecule has 1 fully saturated rings. The highest BCUT2D eigenvalue weighted by molar-refractivity contribution is 9.10. The summed E-state index contributed by atoms with van der Waals surface area (Å²) in [6.45, 7) is 4.05. The van der Waals surface area contributed by atoms with Gasteiger partial charge in [-0.15, -0.1) is 0 Å². The van der Waals surface area contributed by atoms with Crippen LogP contribution in [0, 0.1) is 5.82 Å². The molecule has 1 aromatic heterocycles. The number of hydrogen-bond donors (Lipinski definition) is 5. The number of sulfonamides is 1. The van der Waals surface area contributed by atoms with E-state index in [1.165, 1.54) is 30.5 Å². The van der Waals surface area contributed by atoms with Crippen molar-refractivity contribution in [3.8, 4) is 0 Å². The van der Waals surface area contributed by atoms with Crippen molar-refractivity contribution in [1.29, 1.82) is 0 Å². The Morgan fingerprint density at radius 1 is 1.02 bits per heavy atom. The number of nitrogens with two attached hydrogens (primary N) is 1. The molecule has 1 saturated heterocycles. The van der Waals surface area contributed by atoms with Crippen molar-refractivity contribution in [2.24, 2.45) is 5.73 Å². The standard InChI is InChI=1S/C28H35BrFN7O6S/c29-22-18-33-28(37-27(22)36-24-3-1-2-23(30)25(24)26(31)38)35-19-4-6-21(7-5-19)44(39,40)34-12-13-41-14-15-42-16-17-43-20-8-10-32-11-9-20/h1-7,18,20,32,34H,8-17H2,(H2,31,38)(H2,33,35,36,37). The number of carbonyl (C=O) groups excluding carboxylic acids is 1. The smallest absolute Gasteiger partial charge is 0.253 e. The van der Waals surface area contributed by atoms with Crippen LogP contribution in [0.25, 0.3) is 0 Å². The van der Waals surface area contributed by atoms with E-state index in [0.29, 0.717) is 42.7 Å². The Hall–Kier alpha value is -3.25. The van der Waals surface area contributed by atoms with Crippen LogP contribution in [0.15, 0.2) is 58.0 Å². The van der Waals surface area contributed by atoms with Gasteiger partial charge in [0.05, 0.1) is 59.8 Å². The molecule has 0 atom stereocenters. The molecule has 238 valence electrons. The molecule has 1 amide bonds. The summed E-state index contributed by atoms with van der Waals surface area (Å²) < 4.78 is 59.1. The minimum absolute atomic E-state index is 0.0734. The molecule has 0 unspecified atom stereocenters. The van der Waals surface area contributed by atoms with Gasteiger partial charge < -0.3 is 35.9 Å². The average Bonchev–Trinajstić information content (AvgIpc) is 3.00. The number of carbonyl (C=O) groups is 1. The molecule has 0 spiro atoms. The fourth-order valence-corrected chi connectivity index (χ4v) is 5.56. The summed E-state index contributed by atoms with van der Waals surface area (Å²) in [6, 6.07) is 10.1. The first kappa shape index (κ1) is 33.6. The highest BCUT2D eigenvalue weighted by atomic mass is 79.9. The Bertz CT molecular complexity index is 1490. The van der Waals surface area contributed by atoms with Crippen LogP contribution in [-0.2, 0) is 24.2 Å². The average molecular weight is 697 g/mol. The Labute approximate surface area is 263 Å². The second-order valence-electron chi connectivity index (χ2n) is 9.63. The topological polar surface area (TPSA) is 179 Å². The van der Waals surface area contributed by atoms with Gasteiger partial charge in [0, 0.05) is 18.4 Å². The fraction of sp³-hybridized carbons (Fsp3) is 0.393. The number of primary amides is 1. The predicted octanol–water partition coefficient (Wildman–Crippen LogP) is 3.04. The number of aromatic nitrogens is 2. The molecule has 13 nitrogen and oxygen atoms in total. The molecule has 1 aliphatic rings. The first-order valence-electron chi connectivity index (χ1n) is 14.0. The summed E-state index contributed by atoms with van der Waals surface area (Å²) in [6.07, 6.45) is 3.79. The van der Waals surface area contributed by atoms with Crippen molar-refractivity contribution < 1.29 is 31.8 Å². The molecule has 4 rings (SSSR count). The van der Waals surface area contributed by atoms with Crippen LogP contribution in [0.4, 0.5) is 27.5 Å². The number of nitrogens with zero attached hydrogens (tertiary/aromatic N) is 2. The Morgan fingerprint density at radius 3 is 2.45 bits per heavy atom. The van der Waals surface area contributed by atoms with Gasteiger partial charge in [-0.25, -0.2) is 22.5 Å². The largest absolute Gasteiger partial charge is 0.378 e. The molecule has 6 N–H and O–H groups in total. The van der Waals surface area contributed by atoms with Crippen LogP contribution in [0.3, 0.4) is 0 Å². The van der Waals surface area contributed by atoms with Crippen molar-refractivity contribution in [3.63, 3.8) is 0 Å². The second-order valence-corrected chi connectivity index (χ2v) is 12.3. The quantitative estimate of drug-likeness (QED) is 0.131.